The zero-order valence-electron chi connectivity index (χ0n) is 14.6. The Morgan fingerprint density at radius 1 is 1.04 bits per heavy atom. The number of fused-ring (bicyclic) bond motifs is 1. The van der Waals surface area contributed by atoms with Crippen molar-refractivity contribution in [3.05, 3.63) is 72.1 Å². The number of primary amides is 1. The number of carbonyl (C=O) groups is 2. The zero-order valence-corrected chi connectivity index (χ0v) is 14.6. The van der Waals surface area contributed by atoms with Crippen LogP contribution in [0.4, 0.5) is 0 Å². The number of benzene rings is 2. The molecule has 0 saturated heterocycles. The number of amides is 2. The molecule has 2 N–H and O–H groups in total. The molecule has 1 heterocycles. The van der Waals surface area contributed by atoms with Crippen molar-refractivity contribution in [2.45, 2.75) is 0 Å². The van der Waals surface area contributed by atoms with Gasteiger partial charge in [0, 0.05) is 49.1 Å². The van der Waals surface area contributed by atoms with Crippen molar-refractivity contribution in [1.82, 2.24) is 9.88 Å². The van der Waals surface area contributed by atoms with E-state index in [2.05, 4.69) is 4.98 Å². The number of nitrogens with zero attached hydrogens (tertiary/aromatic N) is 2. The Kier molecular flexibility index (Phi) is 4.80. The molecule has 5 nitrogen and oxygen atoms in total. The molecule has 2 aromatic carbocycles. The number of carbonyl (C=O) groups excluding carboxylic acids is 2. The summed E-state index contributed by atoms with van der Waals surface area (Å²) in [7, 11) is 3.42. The first-order valence-electron chi connectivity index (χ1n) is 8.13. The maximum absolute atomic E-state index is 11.6. The van der Waals surface area contributed by atoms with Crippen LogP contribution in [0.5, 0.6) is 0 Å². The fraction of sp³-hybridized carbons (Fsp3) is 0.0952. The van der Waals surface area contributed by atoms with Crippen molar-refractivity contribution in [2.24, 2.45) is 5.73 Å². The molecule has 130 valence electrons. The summed E-state index contributed by atoms with van der Waals surface area (Å²) in [6.07, 6.45) is 6.84. The molecule has 0 atom stereocenters. The molecule has 0 aliphatic heterocycles. The van der Waals surface area contributed by atoms with E-state index in [0.29, 0.717) is 5.56 Å². The van der Waals surface area contributed by atoms with Gasteiger partial charge in [-0.25, -0.2) is 0 Å². The number of aromatic nitrogens is 1. The Balaban J connectivity index is 1.98. The molecule has 0 aliphatic rings. The second-order valence-electron chi connectivity index (χ2n) is 6.18. The Morgan fingerprint density at radius 3 is 2.42 bits per heavy atom. The van der Waals surface area contributed by atoms with Crippen LogP contribution in [0.25, 0.3) is 28.0 Å². The minimum Gasteiger partial charge on any atom is -0.366 e. The molecular weight excluding hydrogens is 326 g/mol. The molecule has 0 bridgehead atoms. The van der Waals surface area contributed by atoms with Crippen LogP contribution < -0.4 is 5.73 Å². The van der Waals surface area contributed by atoms with E-state index in [1.807, 2.05) is 30.3 Å². The Hall–Kier alpha value is -3.47. The molecule has 1 aromatic heterocycles. The third-order valence-electron chi connectivity index (χ3n) is 4.13. The first kappa shape index (κ1) is 17.4. The Bertz CT molecular complexity index is 1010. The second kappa shape index (κ2) is 7.19. The van der Waals surface area contributed by atoms with E-state index >= 15 is 0 Å². The molecular formula is C21H19N3O2. The van der Waals surface area contributed by atoms with Gasteiger partial charge in [0.1, 0.15) is 0 Å². The number of hydrogen-bond donors (Lipinski definition) is 1. The highest BCUT2D eigenvalue weighted by molar-refractivity contribution is 6.02. The van der Waals surface area contributed by atoms with Crippen LogP contribution in [0.3, 0.4) is 0 Å². The van der Waals surface area contributed by atoms with Crippen molar-refractivity contribution in [3.8, 4) is 11.1 Å². The first-order valence-corrected chi connectivity index (χ1v) is 8.13. The molecule has 0 aliphatic carbocycles. The standard InChI is InChI=1S/C21H19N3O2/c1-24(2)20(25)10-5-14-3-6-15(7-4-14)19-13-23-12-17-9-8-16(21(22)26)11-18(17)19/h3-13H,1-2H3,(H2,22,26)/b10-5+. The maximum atomic E-state index is 11.6. The smallest absolute Gasteiger partial charge is 0.248 e. The van der Waals surface area contributed by atoms with E-state index in [1.165, 1.54) is 11.0 Å². The van der Waals surface area contributed by atoms with E-state index in [4.69, 9.17) is 5.73 Å². The predicted molar refractivity (Wildman–Crippen MR) is 103 cm³/mol. The average Bonchev–Trinajstić information content (AvgIpc) is 2.65. The highest BCUT2D eigenvalue weighted by atomic mass is 16.2. The van der Waals surface area contributed by atoms with Crippen LogP contribution in [0.15, 0.2) is 60.9 Å². The third kappa shape index (κ3) is 3.62. The minimum absolute atomic E-state index is 0.0636. The second-order valence-corrected chi connectivity index (χ2v) is 6.18. The number of likely N-dealkylation sites (N-methyl/N-ethyl adjacent to an activating group) is 1. The van der Waals surface area contributed by atoms with Gasteiger partial charge in [0.2, 0.25) is 11.8 Å². The molecule has 0 radical (unpaired) electrons. The fourth-order valence-corrected chi connectivity index (χ4v) is 2.64. The summed E-state index contributed by atoms with van der Waals surface area (Å²) in [5.74, 6) is -0.521. The van der Waals surface area contributed by atoms with Gasteiger partial charge in [-0.1, -0.05) is 30.3 Å². The maximum Gasteiger partial charge on any atom is 0.248 e. The SMILES string of the molecule is CN(C)C(=O)/C=C/c1ccc(-c2cncc3ccc(C(N)=O)cc23)cc1. The van der Waals surface area contributed by atoms with Crippen LogP contribution in [-0.4, -0.2) is 35.8 Å². The van der Waals surface area contributed by atoms with Gasteiger partial charge >= 0.3 is 0 Å². The third-order valence-corrected chi connectivity index (χ3v) is 4.13. The quantitative estimate of drug-likeness (QED) is 0.738. The van der Waals surface area contributed by atoms with E-state index in [-0.39, 0.29) is 5.91 Å². The zero-order chi connectivity index (χ0) is 18.7. The van der Waals surface area contributed by atoms with Gasteiger partial charge in [0.25, 0.3) is 0 Å². The highest BCUT2D eigenvalue weighted by Gasteiger charge is 2.08. The van der Waals surface area contributed by atoms with Crippen LogP contribution in [-0.2, 0) is 4.79 Å². The number of nitrogens with two attached hydrogens (primary N) is 1. The van der Waals surface area contributed by atoms with Crippen molar-refractivity contribution in [2.75, 3.05) is 14.1 Å². The summed E-state index contributed by atoms with van der Waals surface area (Å²) in [6.45, 7) is 0. The first-order chi connectivity index (χ1) is 12.5. The molecule has 0 spiro atoms. The summed E-state index contributed by atoms with van der Waals surface area (Å²) in [4.78, 5) is 28.9. The lowest BCUT2D eigenvalue weighted by Gasteiger charge is -2.08. The molecule has 0 fully saturated rings. The molecule has 26 heavy (non-hydrogen) atoms. The lowest BCUT2D eigenvalue weighted by Crippen LogP contribution is -2.18. The van der Waals surface area contributed by atoms with E-state index in [1.54, 1.807) is 44.7 Å². The molecule has 0 saturated carbocycles. The topological polar surface area (TPSA) is 76.3 Å². The molecule has 0 unspecified atom stereocenters. The highest BCUT2D eigenvalue weighted by Crippen LogP contribution is 2.28. The molecule has 2 amide bonds. The van der Waals surface area contributed by atoms with Gasteiger partial charge in [-0.3, -0.25) is 14.6 Å². The lowest BCUT2D eigenvalue weighted by molar-refractivity contribution is -0.123. The van der Waals surface area contributed by atoms with Gasteiger partial charge in [-0.05, 0) is 34.7 Å². The van der Waals surface area contributed by atoms with Gasteiger partial charge in [0.15, 0.2) is 0 Å². The molecule has 3 rings (SSSR count). The summed E-state index contributed by atoms with van der Waals surface area (Å²) in [6, 6.07) is 13.1. The monoisotopic (exact) mass is 345 g/mol. The van der Waals surface area contributed by atoms with Gasteiger partial charge in [-0.2, -0.15) is 0 Å². The number of rotatable bonds is 4. The van der Waals surface area contributed by atoms with Crippen LogP contribution in [0.1, 0.15) is 15.9 Å². The largest absolute Gasteiger partial charge is 0.366 e. The number of pyridine rings is 1. The summed E-state index contributed by atoms with van der Waals surface area (Å²) < 4.78 is 0. The summed E-state index contributed by atoms with van der Waals surface area (Å²) in [5, 5.41) is 1.86. The van der Waals surface area contributed by atoms with Crippen molar-refractivity contribution < 1.29 is 9.59 Å². The summed E-state index contributed by atoms with van der Waals surface area (Å²) >= 11 is 0. The normalized spacial score (nSPS) is 11.0. The van der Waals surface area contributed by atoms with Gasteiger partial charge in [0.05, 0.1) is 0 Å². The minimum atomic E-state index is -0.458. The molecule has 5 heteroatoms. The van der Waals surface area contributed by atoms with Crippen LogP contribution in [0.2, 0.25) is 0 Å². The van der Waals surface area contributed by atoms with Crippen molar-refractivity contribution >= 4 is 28.7 Å². The van der Waals surface area contributed by atoms with E-state index < -0.39 is 5.91 Å². The van der Waals surface area contributed by atoms with Crippen LogP contribution in [0, 0.1) is 0 Å². The fourth-order valence-electron chi connectivity index (χ4n) is 2.64. The summed E-state index contributed by atoms with van der Waals surface area (Å²) in [5.41, 5.74) is 8.68. The Labute approximate surface area is 151 Å². The van der Waals surface area contributed by atoms with Crippen molar-refractivity contribution in [3.63, 3.8) is 0 Å². The number of hydrogen-bond acceptors (Lipinski definition) is 3. The Morgan fingerprint density at radius 2 is 1.77 bits per heavy atom. The predicted octanol–water partition coefficient (Wildman–Crippen LogP) is 3.10. The van der Waals surface area contributed by atoms with Crippen molar-refractivity contribution in [1.29, 1.82) is 0 Å². The molecule has 3 aromatic rings. The van der Waals surface area contributed by atoms with Gasteiger partial charge < -0.3 is 10.6 Å². The van der Waals surface area contributed by atoms with Gasteiger partial charge in [-0.15, -0.1) is 0 Å². The van der Waals surface area contributed by atoms with E-state index in [0.717, 1.165) is 27.5 Å². The lowest BCUT2D eigenvalue weighted by atomic mass is 9.98. The van der Waals surface area contributed by atoms with Crippen LogP contribution >= 0.6 is 0 Å². The van der Waals surface area contributed by atoms with E-state index in [9.17, 15) is 9.59 Å². The average molecular weight is 345 g/mol.